The summed E-state index contributed by atoms with van der Waals surface area (Å²) in [5.74, 6) is 0. The van der Waals surface area contributed by atoms with Gasteiger partial charge in [-0.3, -0.25) is 0 Å². The van der Waals surface area contributed by atoms with E-state index in [-0.39, 0.29) is 0 Å². The molecule has 2 aromatic heterocycles. The highest BCUT2D eigenvalue weighted by Gasteiger charge is 2.13. The Kier molecular flexibility index (Phi) is 2.53. The van der Waals surface area contributed by atoms with Gasteiger partial charge in [-0.15, -0.1) is 0 Å². The average Bonchev–Trinajstić information content (AvgIpc) is 3.02. The van der Waals surface area contributed by atoms with Crippen LogP contribution in [-0.4, -0.2) is 0 Å². The smallest absolute Gasteiger partial charge is 0.136 e. The van der Waals surface area contributed by atoms with Gasteiger partial charge in [0.2, 0.25) is 0 Å². The molecule has 3 aromatic carbocycles. The number of hydrogen-bond acceptors (Lipinski definition) is 2. The molecule has 2 nitrogen and oxygen atoms in total. The fourth-order valence-electron chi connectivity index (χ4n) is 2.99. The number of benzene rings is 3. The molecule has 0 amide bonds. The van der Waals surface area contributed by atoms with Gasteiger partial charge in [-0.25, -0.2) is 0 Å². The lowest BCUT2D eigenvalue weighted by atomic mass is 10.1. The van der Waals surface area contributed by atoms with Crippen LogP contribution in [0.2, 0.25) is 0 Å². The Hall–Kier alpha value is -1.78. The predicted octanol–water partition coefficient (Wildman–Crippen LogP) is 7.01. The van der Waals surface area contributed by atoms with Crippen molar-refractivity contribution in [1.82, 2.24) is 0 Å². The minimum Gasteiger partial charge on any atom is -0.456 e. The first-order valence-corrected chi connectivity index (χ1v) is 8.41. The number of rotatable bonds is 0. The Balaban J connectivity index is 1.99. The van der Waals surface area contributed by atoms with Crippen molar-refractivity contribution in [3.05, 3.63) is 57.5 Å². The Morgan fingerprint density at radius 2 is 0.909 bits per heavy atom. The van der Waals surface area contributed by atoms with Crippen LogP contribution in [-0.2, 0) is 0 Å². The minimum atomic E-state index is 0.878. The minimum absolute atomic E-state index is 0.878. The molecule has 0 unspecified atom stereocenters. The number of hydrogen-bond donors (Lipinski definition) is 0. The fourth-order valence-corrected chi connectivity index (χ4v) is 3.71. The van der Waals surface area contributed by atoms with Crippen LogP contribution in [0.4, 0.5) is 0 Å². The van der Waals surface area contributed by atoms with E-state index in [0.29, 0.717) is 0 Å². The molecule has 0 saturated carbocycles. The first kappa shape index (κ1) is 12.7. The highest BCUT2D eigenvalue weighted by molar-refractivity contribution is 9.10. The molecule has 4 heteroatoms. The average molecular weight is 416 g/mol. The summed E-state index contributed by atoms with van der Waals surface area (Å²) in [6, 6.07) is 16.2. The molecule has 0 N–H and O–H groups in total. The van der Waals surface area contributed by atoms with E-state index in [0.717, 1.165) is 52.8 Å². The van der Waals surface area contributed by atoms with Crippen molar-refractivity contribution in [1.29, 1.82) is 0 Å². The summed E-state index contributed by atoms with van der Waals surface area (Å²) in [7, 11) is 0. The Morgan fingerprint density at radius 1 is 0.500 bits per heavy atom. The summed E-state index contributed by atoms with van der Waals surface area (Å²) in [6.45, 7) is 0. The molecule has 0 aliphatic carbocycles. The summed E-state index contributed by atoms with van der Waals surface area (Å²) in [4.78, 5) is 0. The van der Waals surface area contributed by atoms with Crippen LogP contribution >= 0.6 is 31.9 Å². The standard InChI is InChI=1S/C18H8Br2O2/c19-9-1-3-15-11(5-9)13-7-18-14(8-17(13)21-15)12-6-10(20)2-4-16(12)22-18/h1-8H. The summed E-state index contributed by atoms with van der Waals surface area (Å²) in [6.07, 6.45) is 0. The monoisotopic (exact) mass is 414 g/mol. The van der Waals surface area contributed by atoms with E-state index in [1.54, 1.807) is 0 Å². The first-order valence-electron chi connectivity index (χ1n) is 6.83. The van der Waals surface area contributed by atoms with Gasteiger partial charge in [-0.05, 0) is 48.5 Å². The normalized spacial score (nSPS) is 12.1. The number of halogens is 2. The van der Waals surface area contributed by atoms with Gasteiger partial charge in [0.05, 0.1) is 0 Å². The van der Waals surface area contributed by atoms with Crippen LogP contribution in [0.25, 0.3) is 43.9 Å². The summed E-state index contributed by atoms with van der Waals surface area (Å²) >= 11 is 7.04. The third-order valence-electron chi connectivity index (χ3n) is 3.99. The molecule has 0 spiro atoms. The van der Waals surface area contributed by atoms with Gasteiger partial charge in [-0.1, -0.05) is 31.9 Å². The molecule has 0 fully saturated rings. The number of furan rings is 2. The molecule has 0 saturated heterocycles. The van der Waals surface area contributed by atoms with Crippen LogP contribution in [0.5, 0.6) is 0 Å². The third-order valence-corrected chi connectivity index (χ3v) is 4.97. The van der Waals surface area contributed by atoms with Gasteiger partial charge in [0.15, 0.2) is 0 Å². The molecular weight excluding hydrogens is 408 g/mol. The zero-order chi connectivity index (χ0) is 14.8. The molecule has 0 aliphatic rings. The Morgan fingerprint density at radius 3 is 1.36 bits per heavy atom. The fraction of sp³-hybridized carbons (Fsp3) is 0. The second-order valence-corrected chi connectivity index (χ2v) is 7.16. The topological polar surface area (TPSA) is 26.3 Å². The van der Waals surface area contributed by atoms with Crippen molar-refractivity contribution in [2.24, 2.45) is 0 Å². The third kappa shape index (κ3) is 1.71. The van der Waals surface area contributed by atoms with Gasteiger partial charge < -0.3 is 8.83 Å². The predicted molar refractivity (Wildman–Crippen MR) is 96.4 cm³/mol. The van der Waals surface area contributed by atoms with Crippen molar-refractivity contribution < 1.29 is 8.83 Å². The van der Waals surface area contributed by atoms with Crippen molar-refractivity contribution in [3.63, 3.8) is 0 Å². The molecule has 5 aromatic rings. The van der Waals surface area contributed by atoms with Crippen LogP contribution in [0.15, 0.2) is 66.3 Å². The van der Waals surface area contributed by atoms with Crippen LogP contribution in [0, 0.1) is 0 Å². The molecular formula is C18H8Br2O2. The Labute approximate surface area is 141 Å². The molecule has 22 heavy (non-hydrogen) atoms. The second-order valence-electron chi connectivity index (χ2n) is 5.33. The van der Waals surface area contributed by atoms with E-state index in [2.05, 4.69) is 56.1 Å². The Bertz CT molecular complexity index is 1100. The van der Waals surface area contributed by atoms with E-state index in [1.807, 2.05) is 24.3 Å². The van der Waals surface area contributed by atoms with E-state index >= 15 is 0 Å². The van der Waals surface area contributed by atoms with E-state index in [1.165, 1.54) is 0 Å². The SMILES string of the molecule is Brc1ccc2oc3cc4c(cc3c2c1)oc1ccc(Br)cc14. The summed E-state index contributed by atoms with van der Waals surface area (Å²) < 4.78 is 14.1. The van der Waals surface area contributed by atoms with Crippen molar-refractivity contribution >= 4 is 75.7 Å². The second kappa shape index (κ2) is 4.37. The zero-order valence-corrected chi connectivity index (χ0v) is 14.4. The van der Waals surface area contributed by atoms with E-state index < -0.39 is 0 Å². The van der Waals surface area contributed by atoms with Gasteiger partial charge in [-0.2, -0.15) is 0 Å². The highest BCUT2D eigenvalue weighted by Crippen LogP contribution is 2.37. The van der Waals surface area contributed by atoms with Crippen LogP contribution < -0.4 is 0 Å². The summed E-state index contributed by atoms with van der Waals surface area (Å²) in [5.41, 5.74) is 3.53. The van der Waals surface area contributed by atoms with Crippen LogP contribution in [0.3, 0.4) is 0 Å². The molecule has 2 heterocycles. The van der Waals surface area contributed by atoms with Gasteiger partial charge >= 0.3 is 0 Å². The quantitative estimate of drug-likeness (QED) is 0.272. The maximum atomic E-state index is 5.99. The maximum absolute atomic E-state index is 5.99. The van der Waals surface area contributed by atoms with Crippen molar-refractivity contribution in [2.45, 2.75) is 0 Å². The van der Waals surface area contributed by atoms with Gasteiger partial charge in [0.1, 0.15) is 22.3 Å². The first-order chi connectivity index (χ1) is 10.7. The number of fused-ring (bicyclic) bond motifs is 6. The highest BCUT2D eigenvalue weighted by atomic mass is 79.9. The molecule has 0 atom stereocenters. The molecule has 0 radical (unpaired) electrons. The molecule has 106 valence electrons. The zero-order valence-electron chi connectivity index (χ0n) is 11.2. The summed E-state index contributed by atoms with van der Waals surface area (Å²) in [5, 5.41) is 4.32. The lowest BCUT2D eigenvalue weighted by Gasteiger charge is -1.92. The maximum Gasteiger partial charge on any atom is 0.136 e. The lowest BCUT2D eigenvalue weighted by molar-refractivity contribution is 0.664. The van der Waals surface area contributed by atoms with Crippen molar-refractivity contribution in [3.8, 4) is 0 Å². The van der Waals surface area contributed by atoms with E-state index in [4.69, 9.17) is 8.83 Å². The van der Waals surface area contributed by atoms with Gasteiger partial charge in [0.25, 0.3) is 0 Å². The lowest BCUT2D eigenvalue weighted by Crippen LogP contribution is -1.69. The van der Waals surface area contributed by atoms with Crippen LogP contribution in [0.1, 0.15) is 0 Å². The van der Waals surface area contributed by atoms with Gasteiger partial charge in [0, 0.05) is 30.5 Å². The molecule has 0 aliphatic heterocycles. The van der Waals surface area contributed by atoms with Crippen molar-refractivity contribution in [2.75, 3.05) is 0 Å². The molecule has 5 rings (SSSR count). The molecule has 0 bridgehead atoms. The largest absolute Gasteiger partial charge is 0.456 e. The van der Waals surface area contributed by atoms with E-state index in [9.17, 15) is 0 Å².